The van der Waals surface area contributed by atoms with Gasteiger partial charge in [0.2, 0.25) is 0 Å². The molecule has 1 saturated heterocycles. The first-order valence-corrected chi connectivity index (χ1v) is 11.9. The molecule has 0 atom stereocenters. The Kier molecular flexibility index (Phi) is 5.64. The van der Waals surface area contributed by atoms with Gasteiger partial charge in [0.25, 0.3) is 0 Å². The summed E-state index contributed by atoms with van der Waals surface area (Å²) in [4.78, 5) is 0. The van der Waals surface area contributed by atoms with Gasteiger partial charge in [-0.15, -0.1) is 0 Å². The van der Waals surface area contributed by atoms with Crippen molar-refractivity contribution in [3.8, 4) is 0 Å². The van der Waals surface area contributed by atoms with Gasteiger partial charge in [0, 0.05) is 6.42 Å². The summed E-state index contributed by atoms with van der Waals surface area (Å²) >= 11 is 0. The molecule has 3 aromatic carbocycles. The summed E-state index contributed by atoms with van der Waals surface area (Å²) in [5, 5.41) is 3.90. The second kappa shape index (κ2) is 8.17. The molecule has 1 fully saturated rings. The largest absolute Gasteiger partial charge is 0.302 e. The number of rotatable bonds is 7. The average Bonchev–Trinajstić information content (AvgIpc) is 2.74. The fraction of sp³-hybridized carbons (Fsp3) is 0.280. The summed E-state index contributed by atoms with van der Waals surface area (Å²) in [6.07, 6.45) is 2.90. The van der Waals surface area contributed by atoms with Crippen LogP contribution in [0.5, 0.6) is 0 Å². The van der Waals surface area contributed by atoms with Crippen molar-refractivity contribution in [1.82, 2.24) is 0 Å². The highest BCUT2D eigenvalue weighted by molar-refractivity contribution is 7.96. The molecule has 2 nitrogen and oxygen atoms in total. The van der Waals surface area contributed by atoms with Gasteiger partial charge in [-0.25, -0.2) is 0 Å². The molecule has 144 valence electrons. The molecule has 3 aromatic rings. The Labute approximate surface area is 168 Å². The van der Waals surface area contributed by atoms with Gasteiger partial charge in [-0.2, -0.15) is 0 Å². The zero-order chi connectivity index (χ0) is 19.5. The molecular formula is C25H28O2P+. The minimum atomic E-state index is -2.20. The zero-order valence-electron chi connectivity index (χ0n) is 16.6. The Hall–Kier alpha value is -1.99. The maximum atomic E-state index is 6.58. The van der Waals surface area contributed by atoms with Gasteiger partial charge in [-0.1, -0.05) is 67.9 Å². The topological polar surface area (TPSA) is 18.5 Å². The van der Waals surface area contributed by atoms with E-state index in [4.69, 9.17) is 9.47 Å². The molecule has 0 unspecified atom stereocenters. The van der Waals surface area contributed by atoms with Crippen molar-refractivity contribution < 1.29 is 9.47 Å². The van der Waals surface area contributed by atoms with Gasteiger partial charge < -0.3 is 0 Å². The van der Waals surface area contributed by atoms with Gasteiger partial charge in [-0.3, -0.25) is 9.47 Å². The highest BCUT2D eigenvalue weighted by Crippen LogP contribution is 2.71. The van der Waals surface area contributed by atoms with Crippen molar-refractivity contribution in [2.45, 2.75) is 44.9 Å². The van der Waals surface area contributed by atoms with E-state index in [2.05, 4.69) is 97.9 Å². The van der Waals surface area contributed by atoms with Crippen LogP contribution in [0.4, 0.5) is 0 Å². The minimum Gasteiger partial charge on any atom is -0.288 e. The first kappa shape index (κ1) is 19.3. The second-order valence-corrected chi connectivity index (χ2v) is 10.9. The van der Waals surface area contributed by atoms with E-state index in [0.29, 0.717) is 0 Å². The van der Waals surface area contributed by atoms with Crippen LogP contribution in [0.3, 0.4) is 0 Å². The van der Waals surface area contributed by atoms with Crippen molar-refractivity contribution in [1.29, 1.82) is 0 Å². The predicted octanol–water partition coefficient (Wildman–Crippen LogP) is 5.22. The fourth-order valence-corrected chi connectivity index (χ4v) is 9.40. The third-order valence-electron chi connectivity index (χ3n) is 5.49. The van der Waals surface area contributed by atoms with E-state index in [0.717, 1.165) is 19.3 Å². The third kappa shape index (κ3) is 3.10. The van der Waals surface area contributed by atoms with Gasteiger partial charge in [0.15, 0.2) is 13.6 Å². The van der Waals surface area contributed by atoms with E-state index in [-0.39, 0.29) is 6.29 Å². The molecule has 1 aliphatic heterocycles. The first-order chi connectivity index (χ1) is 13.7. The van der Waals surface area contributed by atoms with Crippen LogP contribution in [0.15, 0.2) is 91.0 Å². The number of hydrogen-bond donors (Lipinski definition) is 0. The van der Waals surface area contributed by atoms with E-state index in [9.17, 15) is 0 Å². The lowest BCUT2D eigenvalue weighted by Gasteiger charge is -2.51. The van der Waals surface area contributed by atoms with Crippen LogP contribution in [-0.2, 0) is 9.47 Å². The SMILES string of the molecule is CCCCC1([P+](c2ccccc2)(c2ccccc2)c2ccccc2)OC(C)O1. The van der Waals surface area contributed by atoms with Crippen molar-refractivity contribution in [2.75, 3.05) is 0 Å². The minimum absolute atomic E-state index is 0.174. The first-order valence-electron chi connectivity index (χ1n) is 10.1. The Balaban J connectivity index is 2.04. The number of unbranched alkanes of at least 4 members (excludes halogenated alkanes) is 1. The average molecular weight is 391 g/mol. The summed E-state index contributed by atoms with van der Waals surface area (Å²) < 4.78 is 13.2. The summed E-state index contributed by atoms with van der Waals surface area (Å²) in [6, 6.07) is 32.5. The van der Waals surface area contributed by atoms with Crippen LogP contribution in [-0.4, -0.2) is 11.8 Å². The predicted molar refractivity (Wildman–Crippen MR) is 119 cm³/mol. The van der Waals surface area contributed by atoms with Crippen LogP contribution in [0.25, 0.3) is 0 Å². The van der Waals surface area contributed by atoms with Crippen molar-refractivity contribution in [3.63, 3.8) is 0 Å². The van der Waals surface area contributed by atoms with Crippen LogP contribution in [0.2, 0.25) is 0 Å². The monoisotopic (exact) mass is 391 g/mol. The molecule has 1 aliphatic rings. The highest BCUT2D eigenvalue weighted by atomic mass is 31.2. The van der Waals surface area contributed by atoms with Crippen LogP contribution >= 0.6 is 7.26 Å². The summed E-state index contributed by atoms with van der Waals surface area (Å²) in [5.41, 5.74) is -0.619. The molecule has 0 aromatic heterocycles. The second-order valence-electron chi connectivity index (χ2n) is 7.30. The third-order valence-corrected chi connectivity index (χ3v) is 10.2. The fourth-order valence-electron chi connectivity index (χ4n) is 4.36. The molecule has 3 heteroatoms. The quantitative estimate of drug-likeness (QED) is 0.514. The van der Waals surface area contributed by atoms with Gasteiger partial charge in [0.1, 0.15) is 15.9 Å². The van der Waals surface area contributed by atoms with Crippen molar-refractivity contribution in [2.24, 2.45) is 0 Å². The Bertz CT molecular complexity index is 778. The van der Waals surface area contributed by atoms with Gasteiger partial charge >= 0.3 is 5.53 Å². The lowest BCUT2D eigenvalue weighted by atomic mass is 10.2. The molecule has 0 aliphatic carbocycles. The number of hydrogen-bond acceptors (Lipinski definition) is 2. The lowest BCUT2D eigenvalue weighted by molar-refractivity contribution is -0.403. The van der Waals surface area contributed by atoms with Crippen molar-refractivity contribution in [3.05, 3.63) is 91.0 Å². The molecule has 0 saturated carbocycles. The standard InChI is InChI=1S/C25H28O2P/c1-3-4-20-25(26-21(2)27-25)28(22-14-8-5-9-15-22,23-16-10-6-11-17-23)24-18-12-7-13-19-24/h5-19,21H,3-4,20H2,1-2H3/q+1. The summed E-state index contributed by atoms with van der Waals surface area (Å²) in [6.45, 7) is 4.23. The maximum Gasteiger partial charge on any atom is 0.302 e. The van der Waals surface area contributed by atoms with E-state index < -0.39 is 12.8 Å². The highest BCUT2D eigenvalue weighted by Gasteiger charge is 2.70. The molecular weight excluding hydrogens is 363 g/mol. The summed E-state index contributed by atoms with van der Waals surface area (Å²) in [7, 11) is -2.20. The number of ether oxygens (including phenoxy) is 2. The molecule has 0 spiro atoms. The maximum absolute atomic E-state index is 6.58. The molecule has 4 rings (SSSR count). The van der Waals surface area contributed by atoms with E-state index in [1.54, 1.807) is 0 Å². The van der Waals surface area contributed by atoms with Gasteiger partial charge in [0.05, 0.1) is 0 Å². The molecule has 1 heterocycles. The smallest absolute Gasteiger partial charge is 0.288 e. The lowest BCUT2D eigenvalue weighted by Crippen LogP contribution is -2.60. The zero-order valence-corrected chi connectivity index (χ0v) is 17.5. The van der Waals surface area contributed by atoms with E-state index in [1.165, 1.54) is 15.9 Å². The van der Waals surface area contributed by atoms with Crippen LogP contribution < -0.4 is 15.9 Å². The Morgan fingerprint density at radius 1 is 0.714 bits per heavy atom. The molecule has 28 heavy (non-hydrogen) atoms. The summed E-state index contributed by atoms with van der Waals surface area (Å²) in [5.74, 6) is 0. The van der Waals surface area contributed by atoms with Crippen molar-refractivity contribution >= 4 is 23.2 Å². The molecule has 0 bridgehead atoms. The molecule has 0 radical (unpaired) electrons. The molecule has 0 amide bonds. The van der Waals surface area contributed by atoms with Crippen LogP contribution in [0.1, 0.15) is 33.1 Å². The normalized spacial score (nSPS) is 21.9. The van der Waals surface area contributed by atoms with Crippen LogP contribution in [0, 0.1) is 0 Å². The Morgan fingerprint density at radius 3 is 1.43 bits per heavy atom. The number of benzene rings is 3. The molecule has 0 N–H and O–H groups in total. The van der Waals surface area contributed by atoms with Gasteiger partial charge in [-0.05, 0) is 49.7 Å². The van der Waals surface area contributed by atoms with E-state index in [1.807, 2.05) is 6.92 Å². The Morgan fingerprint density at radius 2 is 1.11 bits per heavy atom. The van der Waals surface area contributed by atoms with E-state index >= 15 is 0 Å².